The number of quaternary nitrogens is 2. The molecule has 4 fully saturated rings. The van der Waals surface area contributed by atoms with Gasteiger partial charge in [0.25, 0.3) is 5.91 Å². The number of aliphatic carboxylic acids is 1. The molecule has 2 aromatic rings. The van der Waals surface area contributed by atoms with Gasteiger partial charge in [0.15, 0.2) is 12.3 Å². The number of carbonyl (C=O) groups is 4. The van der Waals surface area contributed by atoms with Gasteiger partial charge in [-0.2, -0.15) is 0 Å². The third-order valence-corrected chi connectivity index (χ3v) is 10.3. The van der Waals surface area contributed by atoms with E-state index in [-0.39, 0.29) is 29.3 Å². The minimum atomic E-state index is -1.17. The van der Waals surface area contributed by atoms with Crippen LogP contribution < -0.4 is 5.73 Å². The molecule has 212 valence electrons. The summed E-state index contributed by atoms with van der Waals surface area (Å²) in [5.41, 5.74) is 10.7. The summed E-state index contributed by atoms with van der Waals surface area (Å²) in [6.45, 7) is 8.59. The smallest absolute Gasteiger partial charge is 0.352 e. The first-order valence-electron chi connectivity index (χ1n) is 14.3. The molecule has 1 aliphatic carbocycles. The zero-order chi connectivity index (χ0) is 28.8. The molecule has 2 aromatic carbocycles. The maximum atomic E-state index is 13.5. The minimum absolute atomic E-state index is 0.0350. The lowest BCUT2D eigenvalue weighted by molar-refractivity contribution is -1.08. The minimum Gasteiger partial charge on any atom is -0.477 e. The molecule has 41 heavy (non-hydrogen) atoms. The quantitative estimate of drug-likeness (QED) is 0.292. The molecule has 10 heteroatoms. The highest BCUT2D eigenvalue weighted by Crippen LogP contribution is 2.48. The summed E-state index contributed by atoms with van der Waals surface area (Å²) < 4.78 is 1.75. The van der Waals surface area contributed by atoms with Crippen LogP contribution in [0.15, 0.2) is 42.1 Å². The lowest BCUT2D eigenvalue weighted by Gasteiger charge is -2.55. The zero-order valence-corrected chi connectivity index (χ0v) is 23.0. The fourth-order valence-electron chi connectivity index (χ4n) is 8.07. The van der Waals surface area contributed by atoms with Crippen molar-refractivity contribution in [3.8, 4) is 11.1 Å². The lowest BCUT2D eigenvalue weighted by Crippen LogP contribution is -2.75. The Morgan fingerprint density at radius 1 is 0.951 bits per heavy atom. The SMILES string of the molecule is C[C@@H](O)C1C(=O)N2C(C(=O)O)=C(c3ccc4c(c3)-c3ccc(C[N+]56CC[N+](CC(N)=O)(CC5)CC6)cc3C4=O)C[C@H]12. The molecule has 2 amide bonds. The normalized spacial score (nSPS) is 30.1. The topological polar surface area (TPSA) is 138 Å². The van der Waals surface area contributed by atoms with E-state index in [4.69, 9.17) is 5.73 Å². The van der Waals surface area contributed by atoms with Gasteiger partial charge < -0.3 is 29.8 Å². The van der Waals surface area contributed by atoms with Crippen LogP contribution in [0.3, 0.4) is 0 Å². The highest BCUT2D eigenvalue weighted by Gasteiger charge is 2.57. The van der Waals surface area contributed by atoms with E-state index in [1.165, 1.54) is 4.90 Å². The Hall–Kier alpha value is -3.86. The monoisotopic (exact) mass is 558 g/mol. The number of nitrogens with two attached hydrogens (primary N) is 1. The van der Waals surface area contributed by atoms with Gasteiger partial charge in [-0.05, 0) is 53.8 Å². The number of hydrogen-bond donors (Lipinski definition) is 3. The van der Waals surface area contributed by atoms with Gasteiger partial charge in [-0.1, -0.05) is 18.2 Å². The van der Waals surface area contributed by atoms with E-state index in [0.29, 0.717) is 35.2 Å². The van der Waals surface area contributed by atoms with Gasteiger partial charge in [-0.15, -0.1) is 0 Å². The molecule has 4 saturated heterocycles. The first kappa shape index (κ1) is 26.1. The van der Waals surface area contributed by atoms with E-state index in [0.717, 1.165) is 71.5 Å². The number of aliphatic hydroxyl groups is 1. The predicted molar refractivity (Wildman–Crippen MR) is 148 cm³/mol. The Kier molecular flexibility index (Phi) is 5.61. The van der Waals surface area contributed by atoms with Crippen molar-refractivity contribution >= 4 is 29.1 Å². The van der Waals surface area contributed by atoms with Crippen molar-refractivity contribution in [1.82, 2.24) is 4.90 Å². The Morgan fingerprint density at radius 3 is 2.24 bits per heavy atom. The van der Waals surface area contributed by atoms with E-state index in [1.807, 2.05) is 18.2 Å². The number of ketones is 1. The van der Waals surface area contributed by atoms with E-state index in [1.54, 1.807) is 19.1 Å². The summed E-state index contributed by atoms with van der Waals surface area (Å²) >= 11 is 0. The van der Waals surface area contributed by atoms with Crippen molar-refractivity contribution in [2.24, 2.45) is 11.7 Å². The van der Waals surface area contributed by atoms with E-state index in [9.17, 15) is 29.4 Å². The van der Waals surface area contributed by atoms with E-state index in [2.05, 4.69) is 6.07 Å². The number of rotatable bonds is 7. The van der Waals surface area contributed by atoms with Crippen LogP contribution in [0.5, 0.6) is 0 Å². The third-order valence-electron chi connectivity index (χ3n) is 10.3. The number of hydrogen-bond acceptors (Lipinski definition) is 5. The van der Waals surface area contributed by atoms with Gasteiger partial charge in [-0.25, -0.2) is 4.79 Å². The third kappa shape index (κ3) is 3.81. The maximum absolute atomic E-state index is 13.5. The fourth-order valence-corrected chi connectivity index (χ4v) is 8.07. The summed E-state index contributed by atoms with van der Waals surface area (Å²) in [6.07, 6.45) is -0.505. The second kappa shape index (κ2) is 8.82. The lowest BCUT2D eigenvalue weighted by atomic mass is 9.82. The molecule has 10 nitrogen and oxygen atoms in total. The molecule has 3 atom stereocenters. The number of carboxylic acid groups (broad SMARTS) is 1. The van der Waals surface area contributed by atoms with Crippen molar-refractivity contribution in [3.05, 3.63) is 64.3 Å². The fraction of sp³-hybridized carbons (Fsp3) is 0.419. The number of amides is 2. The van der Waals surface area contributed by atoms with Crippen LogP contribution in [0.4, 0.5) is 0 Å². The van der Waals surface area contributed by atoms with Crippen LogP contribution in [-0.2, 0) is 20.9 Å². The maximum Gasteiger partial charge on any atom is 0.352 e. The van der Waals surface area contributed by atoms with Crippen LogP contribution in [0.1, 0.15) is 40.4 Å². The summed E-state index contributed by atoms with van der Waals surface area (Å²) in [4.78, 5) is 51.2. The summed E-state index contributed by atoms with van der Waals surface area (Å²) in [5, 5.41) is 20.0. The number of fused-ring (bicyclic) bond motifs is 7. The van der Waals surface area contributed by atoms with Crippen molar-refractivity contribution < 1.29 is 38.4 Å². The van der Waals surface area contributed by atoms with Gasteiger partial charge in [0.1, 0.15) is 51.5 Å². The molecule has 5 aliphatic heterocycles. The highest BCUT2D eigenvalue weighted by molar-refractivity contribution is 6.22. The van der Waals surface area contributed by atoms with Crippen molar-refractivity contribution in [2.75, 3.05) is 45.8 Å². The molecule has 1 unspecified atom stereocenters. The Bertz CT molecular complexity index is 1570. The average Bonchev–Trinajstić information content (AvgIpc) is 3.41. The summed E-state index contributed by atoms with van der Waals surface area (Å²) in [5.74, 6) is -2.42. The summed E-state index contributed by atoms with van der Waals surface area (Å²) in [7, 11) is 0. The van der Waals surface area contributed by atoms with Gasteiger partial charge in [0.05, 0.1) is 18.1 Å². The van der Waals surface area contributed by atoms with Crippen molar-refractivity contribution in [2.45, 2.75) is 32.0 Å². The second-order valence-corrected chi connectivity index (χ2v) is 12.7. The Labute approximate surface area is 237 Å². The Morgan fingerprint density at radius 2 is 1.61 bits per heavy atom. The van der Waals surface area contributed by atoms with Crippen LogP contribution in [0.2, 0.25) is 0 Å². The van der Waals surface area contributed by atoms with Crippen LogP contribution >= 0.6 is 0 Å². The molecule has 0 spiro atoms. The molecule has 0 saturated carbocycles. The molecule has 2 bridgehead atoms. The summed E-state index contributed by atoms with van der Waals surface area (Å²) in [6, 6.07) is 11.1. The molecule has 5 heterocycles. The first-order valence-corrected chi connectivity index (χ1v) is 14.3. The van der Waals surface area contributed by atoms with Crippen LogP contribution in [-0.4, -0.2) is 106 Å². The molecule has 6 aliphatic rings. The van der Waals surface area contributed by atoms with Crippen molar-refractivity contribution in [1.29, 1.82) is 0 Å². The number of piperazine rings is 3. The van der Waals surface area contributed by atoms with E-state index < -0.39 is 18.0 Å². The number of carboxylic acids is 1. The highest BCUT2D eigenvalue weighted by atomic mass is 16.4. The number of nitrogens with zero attached hydrogens (tertiary/aromatic N) is 3. The molecule has 4 N–H and O–H groups in total. The molecule has 0 radical (unpaired) electrons. The van der Waals surface area contributed by atoms with Gasteiger partial charge in [0, 0.05) is 16.7 Å². The average molecular weight is 559 g/mol. The number of primary amides is 1. The molecular formula is C31H34N4O6+2. The van der Waals surface area contributed by atoms with Crippen LogP contribution in [0.25, 0.3) is 16.7 Å². The van der Waals surface area contributed by atoms with Gasteiger partial charge >= 0.3 is 5.97 Å². The van der Waals surface area contributed by atoms with Crippen LogP contribution in [0, 0.1) is 5.92 Å². The molecule has 0 aromatic heterocycles. The molecular weight excluding hydrogens is 524 g/mol. The zero-order valence-electron chi connectivity index (χ0n) is 23.0. The van der Waals surface area contributed by atoms with Gasteiger partial charge in [0.2, 0.25) is 5.91 Å². The number of aliphatic hydroxyl groups excluding tert-OH is 1. The Balaban J connectivity index is 1.16. The van der Waals surface area contributed by atoms with Gasteiger partial charge in [-0.3, -0.25) is 14.4 Å². The standard InChI is InChI=1S/C31H32N4O6/c1-17(36)27-25-14-22(28(31(40)41)33(25)30(27)39)19-3-5-21-23(13-19)20-4-2-18(12-24(20)29(21)38)15-34-6-9-35(10-7-34,11-8-34)16-26(32)37/h2-5,12-13,17,25,27,36H,6-11,14-16H2,1H3,(H-2,32,37,40,41)/p+2/t17-,25-,27?,34?,35?/m1/s1. The van der Waals surface area contributed by atoms with E-state index >= 15 is 0 Å². The first-order chi connectivity index (χ1) is 19.5. The largest absolute Gasteiger partial charge is 0.477 e. The number of β-lactam (4-membered cyclic amide) rings is 1. The second-order valence-electron chi connectivity index (χ2n) is 12.7. The predicted octanol–water partition coefficient (Wildman–Crippen LogP) is 0.951. The number of carbonyl (C=O) groups excluding carboxylic acids is 3. The van der Waals surface area contributed by atoms with Crippen molar-refractivity contribution in [3.63, 3.8) is 0 Å². The molecule has 8 rings (SSSR count). The number of benzene rings is 2.